The van der Waals surface area contributed by atoms with E-state index in [9.17, 15) is 10.2 Å². The summed E-state index contributed by atoms with van der Waals surface area (Å²) >= 11 is 0. The van der Waals surface area contributed by atoms with Crippen molar-refractivity contribution in [2.24, 2.45) is 0 Å². The van der Waals surface area contributed by atoms with Crippen molar-refractivity contribution in [1.29, 1.82) is 0 Å². The second-order valence-corrected chi connectivity index (χ2v) is 8.55. The molecular formula is C25H30N2O4. The molecule has 1 saturated heterocycles. The number of methoxy groups -OCH3 is 1. The monoisotopic (exact) mass is 422 g/mol. The Morgan fingerprint density at radius 1 is 1.10 bits per heavy atom. The first-order chi connectivity index (χ1) is 14.9. The highest BCUT2D eigenvalue weighted by molar-refractivity contribution is 5.89. The largest absolute Gasteiger partial charge is 0.491 e. The highest BCUT2D eigenvalue weighted by atomic mass is 16.5. The van der Waals surface area contributed by atoms with Crippen molar-refractivity contribution in [3.05, 3.63) is 54.7 Å². The van der Waals surface area contributed by atoms with Gasteiger partial charge in [0, 0.05) is 31.4 Å². The van der Waals surface area contributed by atoms with Crippen LogP contribution in [0.25, 0.3) is 21.9 Å². The van der Waals surface area contributed by atoms with Crippen molar-refractivity contribution in [3.63, 3.8) is 0 Å². The molecule has 2 N–H and O–H groups in total. The van der Waals surface area contributed by atoms with Gasteiger partial charge in [0.2, 0.25) is 5.88 Å². The number of fused-ring (bicyclic) bond motifs is 1. The van der Waals surface area contributed by atoms with Crippen LogP contribution in [-0.4, -0.2) is 65.2 Å². The molecule has 1 aliphatic rings. The number of piperidine rings is 1. The summed E-state index contributed by atoms with van der Waals surface area (Å²) in [5, 5.41) is 22.6. The van der Waals surface area contributed by atoms with Crippen LogP contribution in [0.3, 0.4) is 0 Å². The Kier molecular flexibility index (Phi) is 6.41. The molecule has 2 heterocycles. The lowest BCUT2D eigenvalue weighted by atomic mass is 9.94. The van der Waals surface area contributed by atoms with E-state index in [1.54, 1.807) is 13.3 Å². The van der Waals surface area contributed by atoms with Crippen LogP contribution in [0.4, 0.5) is 0 Å². The van der Waals surface area contributed by atoms with E-state index < -0.39 is 11.7 Å². The van der Waals surface area contributed by atoms with Gasteiger partial charge in [-0.2, -0.15) is 0 Å². The van der Waals surface area contributed by atoms with E-state index in [1.807, 2.05) is 37.3 Å². The van der Waals surface area contributed by atoms with Gasteiger partial charge in [-0.3, -0.25) is 0 Å². The Morgan fingerprint density at radius 3 is 2.65 bits per heavy atom. The summed E-state index contributed by atoms with van der Waals surface area (Å²) in [4.78, 5) is 6.46. The second-order valence-electron chi connectivity index (χ2n) is 8.55. The normalized spacial score (nSPS) is 17.4. The maximum Gasteiger partial charge on any atom is 0.221 e. The van der Waals surface area contributed by atoms with Gasteiger partial charge in [0.25, 0.3) is 0 Å². The Labute approximate surface area is 183 Å². The van der Waals surface area contributed by atoms with Crippen LogP contribution in [0.2, 0.25) is 0 Å². The van der Waals surface area contributed by atoms with E-state index in [2.05, 4.69) is 28.1 Å². The van der Waals surface area contributed by atoms with Crippen molar-refractivity contribution in [2.45, 2.75) is 31.5 Å². The molecule has 0 aliphatic carbocycles. The number of rotatable bonds is 7. The molecule has 0 saturated carbocycles. The average Bonchev–Trinajstić information content (AvgIpc) is 2.78. The summed E-state index contributed by atoms with van der Waals surface area (Å²) in [6.07, 6.45) is 2.60. The zero-order valence-corrected chi connectivity index (χ0v) is 18.1. The van der Waals surface area contributed by atoms with Crippen molar-refractivity contribution in [3.8, 4) is 22.8 Å². The van der Waals surface area contributed by atoms with Gasteiger partial charge in [-0.25, -0.2) is 4.98 Å². The van der Waals surface area contributed by atoms with Crippen LogP contribution < -0.4 is 9.47 Å². The van der Waals surface area contributed by atoms with E-state index in [0.29, 0.717) is 12.4 Å². The van der Waals surface area contributed by atoms with Gasteiger partial charge in [-0.15, -0.1) is 0 Å². The zero-order valence-electron chi connectivity index (χ0n) is 18.1. The van der Waals surface area contributed by atoms with Gasteiger partial charge in [0.05, 0.1) is 12.7 Å². The third kappa shape index (κ3) is 5.34. The highest BCUT2D eigenvalue weighted by Gasteiger charge is 2.28. The summed E-state index contributed by atoms with van der Waals surface area (Å²) in [5.74, 6) is 1.32. The van der Waals surface area contributed by atoms with Crippen molar-refractivity contribution >= 4 is 10.8 Å². The SMILES string of the molecule is COc1ncccc1-c1ccc2ccc(OCC(O)CN3CCC(C)(O)CC3)cc2c1. The molecule has 3 aromatic rings. The number of hydrogen-bond donors (Lipinski definition) is 2. The predicted molar refractivity (Wildman–Crippen MR) is 122 cm³/mol. The summed E-state index contributed by atoms with van der Waals surface area (Å²) in [5.41, 5.74) is 1.38. The minimum atomic E-state index is -0.582. The average molecular weight is 423 g/mol. The molecule has 0 bridgehead atoms. The fraction of sp³-hybridized carbons (Fsp3) is 0.400. The van der Waals surface area contributed by atoms with E-state index in [-0.39, 0.29) is 6.61 Å². The third-order valence-electron chi connectivity index (χ3n) is 5.93. The lowest BCUT2D eigenvalue weighted by Crippen LogP contribution is -2.45. The lowest BCUT2D eigenvalue weighted by Gasteiger charge is -2.36. The molecule has 31 heavy (non-hydrogen) atoms. The van der Waals surface area contributed by atoms with Crippen molar-refractivity contribution in [1.82, 2.24) is 9.88 Å². The van der Waals surface area contributed by atoms with Crippen LogP contribution in [0.15, 0.2) is 54.7 Å². The highest BCUT2D eigenvalue weighted by Crippen LogP contribution is 2.31. The van der Waals surface area contributed by atoms with Crippen LogP contribution in [-0.2, 0) is 0 Å². The molecular weight excluding hydrogens is 392 g/mol. The Bertz CT molecular complexity index is 1030. The number of likely N-dealkylation sites (tertiary alicyclic amines) is 1. The van der Waals surface area contributed by atoms with Crippen LogP contribution in [0.5, 0.6) is 11.6 Å². The van der Waals surface area contributed by atoms with E-state index in [1.165, 1.54) is 0 Å². The van der Waals surface area contributed by atoms with Crippen LogP contribution in [0, 0.1) is 0 Å². The van der Waals surface area contributed by atoms with Crippen molar-refractivity contribution < 1.29 is 19.7 Å². The molecule has 0 spiro atoms. The van der Waals surface area contributed by atoms with Gasteiger partial charge >= 0.3 is 0 Å². The smallest absolute Gasteiger partial charge is 0.221 e. The molecule has 4 rings (SSSR count). The Hall–Kier alpha value is -2.67. The minimum Gasteiger partial charge on any atom is -0.491 e. The zero-order chi connectivity index (χ0) is 21.8. The first kappa shape index (κ1) is 21.6. The number of aliphatic hydroxyl groups is 2. The molecule has 6 heteroatoms. The summed E-state index contributed by atoms with van der Waals surface area (Å²) in [7, 11) is 1.62. The number of aliphatic hydroxyl groups excluding tert-OH is 1. The number of nitrogens with zero attached hydrogens (tertiary/aromatic N) is 2. The van der Waals surface area contributed by atoms with Crippen molar-refractivity contribution in [2.75, 3.05) is 33.4 Å². The predicted octanol–water partition coefficient (Wildman–Crippen LogP) is 3.50. The van der Waals surface area contributed by atoms with Gasteiger partial charge in [-0.1, -0.05) is 18.2 Å². The summed E-state index contributed by atoms with van der Waals surface area (Å²) in [6.45, 7) is 4.24. The molecule has 1 atom stereocenters. The van der Waals surface area contributed by atoms with Gasteiger partial charge in [0.15, 0.2) is 0 Å². The molecule has 1 unspecified atom stereocenters. The number of ether oxygens (including phenoxy) is 2. The maximum absolute atomic E-state index is 10.4. The quantitative estimate of drug-likeness (QED) is 0.607. The fourth-order valence-corrected chi connectivity index (χ4v) is 4.02. The first-order valence-corrected chi connectivity index (χ1v) is 10.7. The number of hydrogen-bond acceptors (Lipinski definition) is 6. The number of β-amino-alcohol motifs (C(OH)–C–C–N with tert-alkyl or cyclic N) is 1. The van der Waals surface area contributed by atoms with Gasteiger partial charge in [-0.05, 0) is 66.4 Å². The molecule has 0 amide bonds. The molecule has 1 fully saturated rings. The third-order valence-corrected chi connectivity index (χ3v) is 5.93. The maximum atomic E-state index is 10.4. The van der Waals surface area contributed by atoms with Crippen LogP contribution in [0.1, 0.15) is 19.8 Å². The molecule has 1 aliphatic heterocycles. The van der Waals surface area contributed by atoms with E-state index in [0.717, 1.165) is 53.6 Å². The van der Waals surface area contributed by atoms with Gasteiger partial charge in [0.1, 0.15) is 18.5 Å². The molecule has 6 nitrogen and oxygen atoms in total. The van der Waals surface area contributed by atoms with Gasteiger partial charge < -0.3 is 24.6 Å². The topological polar surface area (TPSA) is 75.0 Å². The standard InChI is InChI=1S/C25H30N2O4/c1-25(29)9-12-27(13-10-25)16-21(28)17-31-22-8-7-18-5-6-19(14-20(18)15-22)23-4-3-11-26-24(23)30-2/h3-8,11,14-15,21,28-29H,9-10,12-13,16-17H2,1-2H3. The lowest BCUT2D eigenvalue weighted by molar-refractivity contribution is -0.0201. The molecule has 164 valence electrons. The molecule has 2 aromatic carbocycles. The van der Waals surface area contributed by atoms with E-state index >= 15 is 0 Å². The Morgan fingerprint density at radius 2 is 1.87 bits per heavy atom. The molecule has 0 radical (unpaired) electrons. The fourth-order valence-electron chi connectivity index (χ4n) is 4.02. The number of aromatic nitrogens is 1. The van der Waals surface area contributed by atoms with E-state index in [4.69, 9.17) is 9.47 Å². The first-order valence-electron chi connectivity index (χ1n) is 10.7. The summed E-state index contributed by atoms with van der Waals surface area (Å²) in [6, 6.07) is 16.1. The number of pyridine rings is 1. The minimum absolute atomic E-state index is 0.231. The Balaban J connectivity index is 1.41. The number of benzene rings is 2. The van der Waals surface area contributed by atoms with Crippen LogP contribution >= 0.6 is 0 Å². The summed E-state index contributed by atoms with van der Waals surface area (Å²) < 4.78 is 11.3. The molecule has 1 aromatic heterocycles. The second kappa shape index (κ2) is 9.22.